The Bertz CT molecular complexity index is 1650. The van der Waals surface area contributed by atoms with Gasteiger partial charge in [0.2, 0.25) is 11.6 Å². The largest absolute Gasteiger partial charge is 0.523 e. The lowest BCUT2D eigenvalue weighted by Gasteiger charge is -2.71. The summed E-state index contributed by atoms with van der Waals surface area (Å²) in [6, 6.07) is -0.777. The molecule has 5 aliphatic carbocycles. The van der Waals surface area contributed by atoms with Gasteiger partial charge in [0.15, 0.2) is 11.6 Å². The summed E-state index contributed by atoms with van der Waals surface area (Å²) in [6.45, 7) is 33.2. The molecular weight excluding hydrogens is 673 g/mol. The van der Waals surface area contributed by atoms with Crippen molar-refractivity contribution in [1.29, 1.82) is 0 Å². The van der Waals surface area contributed by atoms with Crippen LogP contribution in [0.2, 0.25) is 0 Å². The SMILES string of the molecule is [C-]#[N+]C1=C(O)C(C)(C)[C@@H]2CC[C@]3(C)C(=CC(=O)[C@@H]4[C@@H]5CC(C)(C)CC[C@]5(C(=O)O)CC[C@]43C)[C@@]2(C)C1(C)SCC(NC(=O)C(C)C)C(=O)CC(C)C. The zero-order chi connectivity index (χ0) is 39.2. The zero-order valence-electron chi connectivity index (χ0n) is 33.8. The molecule has 5 rings (SSSR count). The number of Topliss-reactive ketones (excluding diaryl/α,β-unsaturated/α-hetero) is 1. The van der Waals surface area contributed by atoms with Crippen molar-refractivity contribution >= 4 is 35.2 Å². The molecule has 3 N–H and O–H groups in total. The highest BCUT2D eigenvalue weighted by Crippen LogP contribution is 2.78. The number of hydrogen-bond donors (Lipinski definition) is 3. The molecule has 8 nitrogen and oxygen atoms in total. The van der Waals surface area contributed by atoms with E-state index in [0.717, 1.165) is 24.8 Å². The fraction of sp³-hybridized carbons (Fsp3) is 0.791. The first-order valence-corrected chi connectivity index (χ1v) is 20.6. The predicted octanol–water partition coefficient (Wildman–Crippen LogP) is 9.21. The molecule has 0 aromatic heterocycles. The van der Waals surface area contributed by atoms with Gasteiger partial charge in [0.05, 0.1) is 22.8 Å². The van der Waals surface area contributed by atoms with E-state index in [9.17, 15) is 24.6 Å². The number of aliphatic hydroxyl groups excluding tert-OH is 1. The van der Waals surface area contributed by atoms with Crippen LogP contribution in [0.3, 0.4) is 0 Å². The number of aliphatic carboxylic acids is 1. The summed E-state index contributed by atoms with van der Waals surface area (Å²) in [4.78, 5) is 58.9. The Kier molecular flexibility index (Phi) is 10.2. The van der Waals surface area contributed by atoms with E-state index in [2.05, 4.69) is 44.8 Å². The first kappa shape index (κ1) is 40.6. The Balaban J connectivity index is 1.69. The van der Waals surface area contributed by atoms with E-state index in [-0.39, 0.29) is 63.8 Å². The molecule has 0 radical (unpaired) electrons. The summed E-state index contributed by atoms with van der Waals surface area (Å²) in [5, 5.41) is 25.8. The highest BCUT2D eigenvalue weighted by molar-refractivity contribution is 8.01. The number of nitrogens with one attached hydrogen (secondary N) is 1. The number of hydrogen-bond acceptors (Lipinski definition) is 6. The van der Waals surface area contributed by atoms with Crippen molar-refractivity contribution in [3.05, 3.63) is 34.5 Å². The maximum atomic E-state index is 15.0. The molecule has 0 spiro atoms. The van der Waals surface area contributed by atoms with Gasteiger partial charge in [0, 0.05) is 34.8 Å². The Morgan fingerprint density at radius 1 is 0.981 bits per heavy atom. The average Bonchev–Trinajstić information content (AvgIpc) is 3.02. The Hall–Kier alpha value is -2.60. The van der Waals surface area contributed by atoms with E-state index in [1.54, 1.807) is 13.8 Å². The van der Waals surface area contributed by atoms with E-state index in [4.69, 9.17) is 6.57 Å². The highest BCUT2D eigenvalue weighted by Gasteiger charge is 2.74. The van der Waals surface area contributed by atoms with Crippen LogP contribution in [0.15, 0.2) is 23.1 Å². The average molecular weight is 737 g/mol. The van der Waals surface area contributed by atoms with Gasteiger partial charge in [-0.1, -0.05) is 88.7 Å². The molecule has 3 fully saturated rings. The lowest BCUT2D eigenvalue weighted by Crippen LogP contribution is -2.68. The minimum Gasteiger partial charge on any atom is -0.523 e. The van der Waals surface area contributed by atoms with Crippen molar-refractivity contribution in [3.8, 4) is 0 Å². The van der Waals surface area contributed by atoms with Gasteiger partial charge in [-0.25, -0.2) is 4.85 Å². The quantitative estimate of drug-likeness (QED) is 0.202. The van der Waals surface area contributed by atoms with Gasteiger partial charge < -0.3 is 15.5 Å². The number of allylic oxidation sites excluding steroid dienone is 3. The molecule has 52 heavy (non-hydrogen) atoms. The topological polar surface area (TPSA) is 125 Å². The van der Waals surface area contributed by atoms with Crippen LogP contribution in [0.25, 0.3) is 4.85 Å². The number of thioether (sulfide) groups is 1. The van der Waals surface area contributed by atoms with Gasteiger partial charge >= 0.3 is 5.97 Å². The molecular formula is C43H64N2O6S. The third kappa shape index (κ3) is 5.65. The van der Waals surface area contributed by atoms with Crippen LogP contribution < -0.4 is 5.32 Å². The first-order valence-electron chi connectivity index (χ1n) is 19.6. The van der Waals surface area contributed by atoms with Gasteiger partial charge in [0.1, 0.15) is 5.76 Å². The summed E-state index contributed by atoms with van der Waals surface area (Å²) in [5.41, 5.74) is -2.33. The van der Waals surface area contributed by atoms with Gasteiger partial charge in [-0.3, -0.25) is 19.2 Å². The van der Waals surface area contributed by atoms with E-state index < -0.39 is 49.8 Å². The zero-order valence-corrected chi connectivity index (χ0v) is 34.6. The van der Waals surface area contributed by atoms with Crippen molar-refractivity contribution in [2.24, 2.45) is 62.1 Å². The molecule has 0 bridgehead atoms. The maximum absolute atomic E-state index is 15.0. The molecule has 0 heterocycles. The number of aliphatic hydroxyl groups is 1. The van der Waals surface area contributed by atoms with E-state index in [1.165, 1.54) is 11.8 Å². The van der Waals surface area contributed by atoms with Crippen LogP contribution >= 0.6 is 11.8 Å². The van der Waals surface area contributed by atoms with E-state index in [0.29, 0.717) is 32.1 Å². The molecule has 0 aliphatic heterocycles. The van der Waals surface area contributed by atoms with Crippen molar-refractivity contribution in [1.82, 2.24) is 5.32 Å². The second-order valence-corrected chi connectivity index (χ2v) is 21.5. The monoisotopic (exact) mass is 736 g/mol. The minimum atomic E-state index is -1.05. The number of ketones is 2. The van der Waals surface area contributed by atoms with Crippen LogP contribution in [-0.2, 0) is 19.2 Å². The predicted molar refractivity (Wildman–Crippen MR) is 206 cm³/mol. The smallest absolute Gasteiger partial charge is 0.309 e. The Morgan fingerprint density at radius 3 is 2.15 bits per heavy atom. The number of carboxylic acids is 1. The lowest BCUT2D eigenvalue weighted by molar-refractivity contribution is -0.190. The fourth-order valence-corrected chi connectivity index (χ4v) is 13.7. The standard InChI is InChI=1S/C43H64N2O6S/c1-24(2)20-28(46)27(45-35(49)25(3)4)23-52-42(12)33(44-13)34(48)38(7,8)30-14-15-39(9)31(41(30,42)11)21-29(47)32-26-22-37(5,6)16-18-43(26,36(50)51)19-17-40(32,39)10/h21,24-27,30,32,48H,14-20,22-23H2,1-12H3,(H,45,49)(H,50,51)/t26-,27?,30-,32-,39+,40+,41-,42?,43-/m0/s1. The normalized spacial score (nSPS) is 39.7. The number of carboxylic acid groups (broad SMARTS) is 1. The molecule has 3 saturated carbocycles. The molecule has 1 amide bonds. The molecule has 0 aromatic carbocycles. The molecule has 288 valence electrons. The molecule has 5 aliphatic rings. The number of carbonyl (C=O) groups excluding carboxylic acids is 3. The first-order chi connectivity index (χ1) is 23.8. The summed E-state index contributed by atoms with van der Waals surface area (Å²) < 4.78 is -1.05. The van der Waals surface area contributed by atoms with Gasteiger partial charge in [-0.15, -0.1) is 0 Å². The maximum Gasteiger partial charge on any atom is 0.309 e. The number of rotatable bonds is 9. The molecule has 9 atom stereocenters. The van der Waals surface area contributed by atoms with Crippen LogP contribution in [-0.4, -0.2) is 50.2 Å². The van der Waals surface area contributed by atoms with Crippen molar-refractivity contribution < 1.29 is 29.4 Å². The second-order valence-electron chi connectivity index (χ2n) is 20.1. The number of carbonyl (C=O) groups is 4. The number of amides is 1. The van der Waals surface area contributed by atoms with Gasteiger partial charge in [0.25, 0.3) is 0 Å². The van der Waals surface area contributed by atoms with Gasteiger partial charge in [-0.05, 0) is 85.0 Å². The van der Waals surface area contributed by atoms with Crippen LogP contribution in [0.5, 0.6) is 0 Å². The molecule has 0 aromatic rings. The summed E-state index contributed by atoms with van der Waals surface area (Å²) in [6.07, 6.45) is 6.95. The lowest BCUT2D eigenvalue weighted by atomic mass is 9.33. The van der Waals surface area contributed by atoms with Crippen LogP contribution in [0.1, 0.15) is 134 Å². The van der Waals surface area contributed by atoms with Gasteiger partial charge in [-0.2, -0.15) is 11.8 Å². The molecule has 9 heteroatoms. The van der Waals surface area contributed by atoms with E-state index in [1.807, 2.05) is 40.7 Å². The summed E-state index contributed by atoms with van der Waals surface area (Å²) in [7, 11) is 0. The third-order valence-electron chi connectivity index (χ3n) is 15.6. The fourth-order valence-electron chi connectivity index (χ4n) is 12.1. The molecule has 2 unspecified atom stereocenters. The van der Waals surface area contributed by atoms with Crippen molar-refractivity contribution in [2.75, 3.05) is 5.75 Å². The Labute approximate surface area is 316 Å². The van der Waals surface area contributed by atoms with Crippen LogP contribution in [0.4, 0.5) is 0 Å². The number of nitrogens with zero attached hydrogens (tertiary/aromatic N) is 1. The van der Waals surface area contributed by atoms with Crippen molar-refractivity contribution in [3.63, 3.8) is 0 Å². The summed E-state index contributed by atoms with van der Waals surface area (Å²) >= 11 is 1.45. The highest BCUT2D eigenvalue weighted by atomic mass is 32.2. The Morgan fingerprint density at radius 2 is 1.60 bits per heavy atom. The van der Waals surface area contributed by atoms with E-state index >= 15 is 4.79 Å². The van der Waals surface area contributed by atoms with Crippen LogP contribution in [0, 0.1) is 68.7 Å². The van der Waals surface area contributed by atoms with Crippen molar-refractivity contribution in [2.45, 2.75) is 145 Å². The third-order valence-corrected chi connectivity index (χ3v) is 17.3. The molecule has 0 saturated heterocycles. The number of fused-ring (bicyclic) bond motifs is 7. The second kappa shape index (κ2) is 13.0. The summed E-state index contributed by atoms with van der Waals surface area (Å²) in [5.74, 6) is -1.85. The minimum absolute atomic E-state index is 0.00708.